The molecule has 1 aliphatic carbocycles. The molecule has 0 amide bonds. The largest absolute Gasteiger partial charge is 0.377 e. The summed E-state index contributed by atoms with van der Waals surface area (Å²) in [5.74, 6) is 0.731. The van der Waals surface area contributed by atoms with Gasteiger partial charge in [-0.1, -0.05) is 0 Å². The fraction of sp³-hybridized carbons (Fsp3) is 0.769. The van der Waals surface area contributed by atoms with Gasteiger partial charge in [-0.2, -0.15) is 0 Å². The number of nitrogens with one attached hydrogen (secondary N) is 1. The highest BCUT2D eigenvalue weighted by molar-refractivity contribution is 7.15. The number of morpholine rings is 1. The first-order chi connectivity index (χ1) is 8.79. The average molecular weight is 267 g/mol. The van der Waals surface area contributed by atoms with E-state index >= 15 is 0 Å². The van der Waals surface area contributed by atoms with E-state index in [1.54, 1.807) is 0 Å². The van der Waals surface area contributed by atoms with Crippen LogP contribution in [0.4, 0.5) is 5.13 Å². The third kappa shape index (κ3) is 2.39. The van der Waals surface area contributed by atoms with Crippen molar-refractivity contribution in [1.29, 1.82) is 0 Å². The molecule has 0 aromatic carbocycles. The molecule has 1 atom stereocenters. The number of hydrogen-bond donors (Lipinski definition) is 1. The summed E-state index contributed by atoms with van der Waals surface area (Å²) in [6, 6.07) is 0.444. The molecular weight excluding hydrogens is 246 g/mol. The van der Waals surface area contributed by atoms with Crippen LogP contribution in [0.25, 0.3) is 0 Å². The van der Waals surface area contributed by atoms with Crippen LogP contribution < -0.4 is 10.2 Å². The maximum absolute atomic E-state index is 5.50. The fourth-order valence-electron chi connectivity index (χ4n) is 2.45. The second kappa shape index (κ2) is 5.15. The molecule has 1 aromatic rings. The van der Waals surface area contributed by atoms with Crippen LogP contribution in [0.5, 0.6) is 0 Å². The Bertz CT molecular complexity index is 416. The number of rotatable bonds is 4. The standard InChI is InChI=1S/C13H21N3OS/c1-9-8-17-6-5-16(9)13-15-12(10-3-4-10)11(18-13)7-14-2/h9-10,14H,3-8H2,1-2H3. The SMILES string of the molecule is CNCc1sc(N2CCOCC2C)nc1C1CC1. The van der Waals surface area contributed by atoms with Gasteiger partial charge in [0, 0.05) is 23.9 Å². The van der Waals surface area contributed by atoms with Crippen LogP contribution >= 0.6 is 11.3 Å². The topological polar surface area (TPSA) is 37.4 Å². The normalized spacial score (nSPS) is 24.6. The van der Waals surface area contributed by atoms with Crippen LogP contribution in [0.3, 0.4) is 0 Å². The van der Waals surface area contributed by atoms with Gasteiger partial charge in [0.15, 0.2) is 5.13 Å². The Morgan fingerprint density at radius 1 is 1.50 bits per heavy atom. The van der Waals surface area contributed by atoms with E-state index in [2.05, 4.69) is 17.1 Å². The predicted molar refractivity (Wildman–Crippen MR) is 74.5 cm³/mol. The Labute approximate surface area is 112 Å². The van der Waals surface area contributed by atoms with Crippen LogP contribution in [0, 0.1) is 0 Å². The zero-order valence-electron chi connectivity index (χ0n) is 11.1. The van der Waals surface area contributed by atoms with E-state index in [4.69, 9.17) is 9.72 Å². The fourth-order valence-corrected chi connectivity index (χ4v) is 3.73. The second-order valence-corrected chi connectivity index (χ2v) is 6.29. The summed E-state index contributed by atoms with van der Waals surface area (Å²) < 4.78 is 5.50. The molecule has 0 spiro atoms. The van der Waals surface area contributed by atoms with Gasteiger partial charge in [-0.25, -0.2) is 4.98 Å². The van der Waals surface area contributed by atoms with Gasteiger partial charge in [-0.15, -0.1) is 11.3 Å². The van der Waals surface area contributed by atoms with Gasteiger partial charge in [0.2, 0.25) is 0 Å². The van der Waals surface area contributed by atoms with Gasteiger partial charge in [0.1, 0.15) is 0 Å². The molecule has 5 heteroatoms. The van der Waals surface area contributed by atoms with E-state index in [0.717, 1.165) is 32.2 Å². The van der Waals surface area contributed by atoms with Crippen molar-refractivity contribution in [3.63, 3.8) is 0 Å². The van der Waals surface area contributed by atoms with Crippen molar-refractivity contribution in [2.75, 3.05) is 31.7 Å². The van der Waals surface area contributed by atoms with E-state index in [0.29, 0.717) is 6.04 Å². The molecule has 1 unspecified atom stereocenters. The molecule has 1 saturated heterocycles. The summed E-state index contributed by atoms with van der Waals surface area (Å²) in [6.45, 7) is 5.78. The summed E-state index contributed by atoms with van der Waals surface area (Å²) >= 11 is 1.86. The van der Waals surface area contributed by atoms with E-state index < -0.39 is 0 Å². The molecular formula is C13H21N3OS. The second-order valence-electron chi connectivity index (χ2n) is 5.23. The highest BCUT2D eigenvalue weighted by Gasteiger charge is 2.31. The van der Waals surface area contributed by atoms with Crippen LogP contribution in [-0.4, -0.2) is 37.8 Å². The number of ether oxygens (including phenoxy) is 1. The molecule has 2 aliphatic rings. The van der Waals surface area contributed by atoms with Crippen LogP contribution in [0.15, 0.2) is 0 Å². The lowest BCUT2D eigenvalue weighted by Gasteiger charge is -2.32. The van der Waals surface area contributed by atoms with Crippen molar-refractivity contribution in [1.82, 2.24) is 10.3 Å². The Kier molecular flexibility index (Phi) is 3.54. The minimum atomic E-state index is 0.444. The van der Waals surface area contributed by atoms with Gasteiger partial charge >= 0.3 is 0 Å². The quantitative estimate of drug-likeness (QED) is 0.905. The monoisotopic (exact) mass is 267 g/mol. The van der Waals surface area contributed by atoms with Gasteiger partial charge in [-0.3, -0.25) is 0 Å². The highest BCUT2D eigenvalue weighted by atomic mass is 32.1. The third-order valence-corrected chi connectivity index (χ3v) is 4.74. The number of hydrogen-bond acceptors (Lipinski definition) is 5. The van der Waals surface area contributed by atoms with Gasteiger partial charge in [0.25, 0.3) is 0 Å². The van der Waals surface area contributed by atoms with Gasteiger partial charge < -0.3 is 15.0 Å². The van der Waals surface area contributed by atoms with Crippen molar-refractivity contribution < 1.29 is 4.74 Å². The van der Waals surface area contributed by atoms with Crippen molar-refractivity contribution >= 4 is 16.5 Å². The Morgan fingerprint density at radius 2 is 2.33 bits per heavy atom. The average Bonchev–Trinajstić information content (AvgIpc) is 3.13. The van der Waals surface area contributed by atoms with Crippen LogP contribution in [-0.2, 0) is 11.3 Å². The first kappa shape index (κ1) is 12.4. The zero-order chi connectivity index (χ0) is 12.5. The first-order valence-electron chi connectivity index (χ1n) is 6.78. The smallest absolute Gasteiger partial charge is 0.186 e. The summed E-state index contributed by atoms with van der Waals surface area (Å²) in [4.78, 5) is 8.74. The molecule has 0 radical (unpaired) electrons. The lowest BCUT2D eigenvalue weighted by atomic mass is 10.2. The predicted octanol–water partition coefficient (Wildman–Crippen LogP) is 1.97. The number of anilines is 1. The molecule has 100 valence electrons. The molecule has 0 bridgehead atoms. The minimum Gasteiger partial charge on any atom is -0.377 e. The summed E-state index contributed by atoms with van der Waals surface area (Å²) in [5, 5.41) is 4.45. The van der Waals surface area contributed by atoms with E-state index in [-0.39, 0.29) is 0 Å². The van der Waals surface area contributed by atoms with Crippen LogP contribution in [0.1, 0.15) is 36.3 Å². The van der Waals surface area contributed by atoms with Gasteiger partial charge in [-0.05, 0) is 26.8 Å². The Hall–Kier alpha value is -0.650. The lowest BCUT2D eigenvalue weighted by molar-refractivity contribution is 0.0989. The maximum atomic E-state index is 5.50. The van der Waals surface area contributed by atoms with E-state index in [1.165, 1.54) is 28.5 Å². The minimum absolute atomic E-state index is 0.444. The molecule has 1 aromatic heterocycles. The molecule has 2 fully saturated rings. The molecule has 3 rings (SSSR count). The summed E-state index contributed by atoms with van der Waals surface area (Å²) in [5.41, 5.74) is 1.35. The van der Waals surface area contributed by atoms with Crippen LogP contribution in [0.2, 0.25) is 0 Å². The molecule has 1 N–H and O–H groups in total. The van der Waals surface area contributed by atoms with Crippen molar-refractivity contribution in [2.45, 2.75) is 38.3 Å². The highest BCUT2D eigenvalue weighted by Crippen LogP contribution is 2.44. The molecule has 18 heavy (non-hydrogen) atoms. The number of nitrogens with zero attached hydrogens (tertiary/aromatic N) is 2. The van der Waals surface area contributed by atoms with Crippen molar-refractivity contribution in [3.8, 4) is 0 Å². The van der Waals surface area contributed by atoms with E-state index in [1.807, 2.05) is 18.4 Å². The maximum Gasteiger partial charge on any atom is 0.186 e. The Balaban J connectivity index is 1.84. The molecule has 1 saturated carbocycles. The molecule has 4 nitrogen and oxygen atoms in total. The lowest BCUT2D eigenvalue weighted by Crippen LogP contribution is -2.43. The molecule has 2 heterocycles. The van der Waals surface area contributed by atoms with Crippen molar-refractivity contribution in [2.24, 2.45) is 0 Å². The summed E-state index contributed by atoms with van der Waals surface area (Å²) in [6.07, 6.45) is 2.64. The van der Waals surface area contributed by atoms with Gasteiger partial charge in [0.05, 0.1) is 24.9 Å². The van der Waals surface area contributed by atoms with Crippen molar-refractivity contribution in [3.05, 3.63) is 10.6 Å². The summed E-state index contributed by atoms with van der Waals surface area (Å²) in [7, 11) is 2.01. The number of thiazole rings is 1. The molecule has 1 aliphatic heterocycles. The Morgan fingerprint density at radius 3 is 3.00 bits per heavy atom. The third-order valence-electron chi connectivity index (χ3n) is 3.63. The number of aromatic nitrogens is 1. The zero-order valence-corrected chi connectivity index (χ0v) is 11.9. The first-order valence-corrected chi connectivity index (χ1v) is 7.60. The van der Waals surface area contributed by atoms with E-state index in [9.17, 15) is 0 Å².